The van der Waals surface area contributed by atoms with Crippen molar-refractivity contribution in [3.8, 4) is 11.8 Å². The second-order valence-corrected chi connectivity index (χ2v) is 5.47. The van der Waals surface area contributed by atoms with Crippen LogP contribution in [-0.2, 0) is 14.3 Å². The maximum atomic E-state index is 12.9. The van der Waals surface area contributed by atoms with Gasteiger partial charge in [0.15, 0.2) is 12.2 Å². The Morgan fingerprint density at radius 1 is 1.04 bits per heavy atom. The molecule has 0 radical (unpaired) electrons. The number of esters is 1. The fourth-order valence-corrected chi connectivity index (χ4v) is 1.96. The van der Waals surface area contributed by atoms with E-state index in [0.29, 0.717) is 17.0 Å². The van der Waals surface area contributed by atoms with E-state index in [4.69, 9.17) is 14.7 Å². The smallest absolute Gasteiger partial charge is 0.347 e. The maximum absolute atomic E-state index is 12.9. The van der Waals surface area contributed by atoms with Gasteiger partial charge in [0.2, 0.25) is 0 Å². The first kappa shape index (κ1) is 18.9. The van der Waals surface area contributed by atoms with Crippen LogP contribution in [0.4, 0.5) is 10.1 Å². The molecule has 26 heavy (non-hydrogen) atoms. The molecule has 0 unspecified atom stereocenters. The fourth-order valence-electron chi connectivity index (χ4n) is 1.96. The van der Waals surface area contributed by atoms with Gasteiger partial charge in [0.25, 0.3) is 5.91 Å². The molecule has 2 aromatic carbocycles. The molecule has 0 aliphatic heterocycles. The van der Waals surface area contributed by atoms with E-state index in [0.717, 1.165) is 0 Å². The number of hydrogen-bond donors (Lipinski definition) is 1. The molecular weight excluding hydrogens is 339 g/mol. The van der Waals surface area contributed by atoms with E-state index in [9.17, 15) is 14.0 Å². The molecule has 2 atom stereocenters. The number of anilines is 1. The lowest BCUT2D eigenvalue weighted by molar-refractivity contribution is -0.159. The molecular formula is C19H17FN2O4. The van der Waals surface area contributed by atoms with Crippen LogP contribution < -0.4 is 10.1 Å². The normalized spacial score (nSPS) is 12.4. The Morgan fingerprint density at radius 3 is 2.23 bits per heavy atom. The number of halogens is 1. The highest BCUT2D eigenvalue weighted by Gasteiger charge is 2.23. The van der Waals surface area contributed by atoms with Crippen molar-refractivity contribution in [3.05, 3.63) is 59.9 Å². The van der Waals surface area contributed by atoms with E-state index < -0.39 is 29.9 Å². The summed E-state index contributed by atoms with van der Waals surface area (Å²) in [5.41, 5.74) is 0.946. The average molecular weight is 356 g/mol. The number of hydrogen-bond acceptors (Lipinski definition) is 5. The molecule has 0 spiro atoms. The monoisotopic (exact) mass is 356 g/mol. The van der Waals surface area contributed by atoms with Crippen LogP contribution in [0.15, 0.2) is 48.5 Å². The molecule has 0 aromatic heterocycles. The second kappa shape index (κ2) is 8.62. The highest BCUT2D eigenvalue weighted by atomic mass is 19.1. The molecule has 0 heterocycles. The lowest BCUT2D eigenvalue weighted by Crippen LogP contribution is -2.35. The molecule has 0 aliphatic rings. The van der Waals surface area contributed by atoms with Crippen LogP contribution >= 0.6 is 0 Å². The van der Waals surface area contributed by atoms with Gasteiger partial charge >= 0.3 is 5.97 Å². The summed E-state index contributed by atoms with van der Waals surface area (Å²) in [7, 11) is 0. The van der Waals surface area contributed by atoms with E-state index in [1.165, 1.54) is 38.1 Å². The number of carbonyl (C=O) groups is 2. The molecule has 0 saturated carbocycles. The van der Waals surface area contributed by atoms with Crippen molar-refractivity contribution in [2.75, 3.05) is 5.32 Å². The van der Waals surface area contributed by atoms with Gasteiger partial charge in [-0.25, -0.2) is 9.18 Å². The average Bonchev–Trinajstić information content (AvgIpc) is 2.64. The summed E-state index contributed by atoms with van der Waals surface area (Å²) < 4.78 is 23.3. The SMILES string of the molecule is C[C@H](Oc1ccc(F)cc1)C(=O)O[C@H](C)C(=O)Nc1ccc(C#N)cc1. The molecule has 0 fully saturated rings. The first-order valence-electron chi connectivity index (χ1n) is 7.83. The molecule has 1 N–H and O–H groups in total. The topological polar surface area (TPSA) is 88.4 Å². The number of amides is 1. The molecule has 2 aromatic rings. The third-order valence-corrected chi connectivity index (χ3v) is 3.40. The van der Waals surface area contributed by atoms with Crippen LogP contribution in [0.3, 0.4) is 0 Å². The van der Waals surface area contributed by atoms with Crippen molar-refractivity contribution < 1.29 is 23.5 Å². The van der Waals surface area contributed by atoms with Crippen LogP contribution in [0, 0.1) is 17.1 Å². The van der Waals surface area contributed by atoms with Crippen LogP contribution in [0.5, 0.6) is 5.75 Å². The van der Waals surface area contributed by atoms with Crippen LogP contribution in [0.1, 0.15) is 19.4 Å². The Hall–Kier alpha value is -3.40. The number of ether oxygens (including phenoxy) is 2. The van der Waals surface area contributed by atoms with E-state index in [1.807, 2.05) is 6.07 Å². The van der Waals surface area contributed by atoms with E-state index >= 15 is 0 Å². The third kappa shape index (κ3) is 5.31. The minimum atomic E-state index is -1.04. The molecule has 1 amide bonds. The van der Waals surface area contributed by atoms with Crippen molar-refractivity contribution in [2.45, 2.75) is 26.1 Å². The van der Waals surface area contributed by atoms with Gasteiger partial charge in [0, 0.05) is 5.69 Å². The summed E-state index contributed by atoms with van der Waals surface area (Å²) in [5, 5.41) is 11.3. The molecule has 0 aliphatic carbocycles. The lowest BCUT2D eigenvalue weighted by atomic mass is 10.2. The summed E-state index contributed by atoms with van der Waals surface area (Å²) in [4.78, 5) is 24.1. The van der Waals surface area contributed by atoms with Crippen molar-refractivity contribution in [3.63, 3.8) is 0 Å². The minimum absolute atomic E-state index is 0.311. The highest BCUT2D eigenvalue weighted by Crippen LogP contribution is 2.14. The van der Waals surface area contributed by atoms with Crippen molar-refractivity contribution in [1.82, 2.24) is 0 Å². The Labute approximate surface area is 150 Å². The largest absolute Gasteiger partial charge is 0.479 e. The minimum Gasteiger partial charge on any atom is -0.479 e. The van der Waals surface area contributed by atoms with Crippen molar-refractivity contribution in [1.29, 1.82) is 5.26 Å². The number of benzene rings is 2. The summed E-state index contributed by atoms with van der Waals surface area (Å²) in [5.74, 6) is -1.35. The van der Waals surface area contributed by atoms with Crippen LogP contribution in [-0.4, -0.2) is 24.1 Å². The third-order valence-electron chi connectivity index (χ3n) is 3.40. The number of carbonyl (C=O) groups excluding carboxylic acids is 2. The Balaban J connectivity index is 1.87. The zero-order chi connectivity index (χ0) is 19.1. The maximum Gasteiger partial charge on any atom is 0.347 e. The molecule has 134 valence electrons. The molecule has 6 nitrogen and oxygen atoms in total. The highest BCUT2D eigenvalue weighted by molar-refractivity contribution is 5.95. The van der Waals surface area contributed by atoms with E-state index in [2.05, 4.69) is 5.32 Å². The first-order valence-corrected chi connectivity index (χ1v) is 7.83. The van der Waals surface area contributed by atoms with Crippen molar-refractivity contribution in [2.24, 2.45) is 0 Å². The van der Waals surface area contributed by atoms with Gasteiger partial charge in [-0.3, -0.25) is 4.79 Å². The molecule has 7 heteroatoms. The van der Waals surface area contributed by atoms with Gasteiger partial charge in [-0.1, -0.05) is 0 Å². The zero-order valence-corrected chi connectivity index (χ0v) is 14.2. The van der Waals surface area contributed by atoms with Gasteiger partial charge in [0.1, 0.15) is 11.6 Å². The number of nitrogens with zero attached hydrogens (tertiary/aromatic N) is 1. The molecule has 0 saturated heterocycles. The lowest BCUT2D eigenvalue weighted by Gasteiger charge is -2.17. The van der Waals surface area contributed by atoms with Gasteiger partial charge in [0.05, 0.1) is 11.6 Å². The van der Waals surface area contributed by atoms with Crippen molar-refractivity contribution >= 4 is 17.6 Å². The van der Waals surface area contributed by atoms with E-state index in [-0.39, 0.29) is 0 Å². The second-order valence-electron chi connectivity index (χ2n) is 5.47. The Morgan fingerprint density at radius 2 is 1.65 bits per heavy atom. The van der Waals surface area contributed by atoms with Gasteiger partial charge in [-0.15, -0.1) is 0 Å². The van der Waals surface area contributed by atoms with Crippen LogP contribution in [0.25, 0.3) is 0 Å². The van der Waals surface area contributed by atoms with Crippen LogP contribution in [0.2, 0.25) is 0 Å². The molecule has 2 rings (SSSR count). The summed E-state index contributed by atoms with van der Waals surface area (Å²) in [6.45, 7) is 2.90. The summed E-state index contributed by atoms with van der Waals surface area (Å²) >= 11 is 0. The zero-order valence-electron chi connectivity index (χ0n) is 14.2. The first-order chi connectivity index (χ1) is 12.4. The number of nitriles is 1. The summed E-state index contributed by atoms with van der Waals surface area (Å²) in [6.07, 6.45) is -2.01. The van der Waals surface area contributed by atoms with Gasteiger partial charge in [-0.2, -0.15) is 5.26 Å². The Kier molecular flexibility index (Phi) is 6.28. The number of rotatable bonds is 6. The fraction of sp³-hybridized carbons (Fsp3) is 0.211. The standard InChI is InChI=1S/C19H17FN2O4/c1-12(18(23)22-16-7-3-14(11-21)4-8-16)26-19(24)13(2)25-17-9-5-15(20)6-10-17/h3-10,12-13H,1-2H3,(H,22,23)/t12-,13+/m1/s1. The van der Waals surface area contributed by atoms with E-state index in [1.54, 1.807) is 24.3 Å². The van der Waals surface area contributed by atoms with Gasteiger partial charge < -0.3 is 14.8 Å². The van der Waals surface area contributed by atoms with Gasteiger partial charge in [-0.05, 0) is 62.4 Å². The summed E-state index contributed by atoms with van der Waals surface area (Å²) in [6, 6.07) is 13.4. The predicted octanol–water partition coefficient (Wildman–Crippen LogP) is 3.04. The Bertz CT molecular complexity index is 813. The number of nitrogens with one attached hydrogen (secondary N) is 1. The molecule has 0 bridgehead atoms. The quantitative estimate of drug-likeness (QED) is 0.804. The predicted molar refractivity (Wildman–Crippen MR) is 91.8 cm³/mol.